The number of aromatic amines is 1. The number of carbonyl (C=O) groups is 2. The number of imide groups is 1. The number of rotatable bonds is 8. The van der Waals surface area contributed by atoms with Gasteiger partial charge in [-0.2, -0.15) is 9.88 Å². The van der Waals surface area contributed by atoms with Gasteiger partial charge in [0.15, 0.2) is 0 Å². The quantitative estimate of drug-likeness (QED) is 0.384. The number of ether oxygens (including phenoxy) is 1. The molecule has 11 nitrogen and oxygen atoms in total. The summed E-state index contributed by atoms with van der Waals surface area (Å²) in [6, 6.07) is 6.72. The fraction of sp³-hybridized carbons (Fsp3) is 0.480. The zero-order valence-electron chi connectivity index (χ0n) is 22.0. The number of nitrogens with one attached hydrogen (secondary N) is 2. The first-order chi connectivity index (χ1) is 17.2. The second kappa shape index (κ2) is 13.9. The van der Waals surface area contributed by atoms with Crippen molar-refractivity contribution in [2.45, 2.75) is 52.9 Å². The lowest BCUT2D eigenvalue weighted by Crippen LogP contribution is -2.45. The second-order valence-corrected chi connectivity index (χ2v) is 8.38. The average molecular weight is 500 g/mol. The van der Waals surface area contributed by atoms with Crippen LogP contribution in [0.15, 0.2) is 24.3 Å². The number of imidazole rings is 1. The van der Waals surface area contributed by atoms with Crippen LogP contribution in [0.4, 0.5) is 21.5 Å². The Morgan fingerprint density at radius 3 is 2.36 bits per heavy atom. The van der Waals surface area contributed by atoms with Crippen molar-refractivity contribution in [1.82, 2.24) is 25.3 Å². The SMILES string of the molecule is CCCCNC(=O)N(C(=O)OC)c1nc2ccccc2[nH]1.CCCCc1c(C)nc(N(C)C)nc1O. The number of nitrogens with zero attached hydrogens (tertiary/aromatic N) is 5. The van der Waals surface area contributed by atoms with E-state index < -0.39 is 12.1 Å². The van der Waals surface area contributed by atoms with Crippen LogP contribution in [0.3, 0.4) is 0 Å². The molecule has 0 atom stereocenters. The van der Waals surface area contributed by atoms with Crippen LogP contribution in [0.5, 0.6) is 5.88 Å². The van der Waals surface area contributed by atoms with Crippen LogP contribution in [0.1, 0.15) is 50.8 Å². The molecule has 196 valence electrons. The highest BCUT2D eigenvalue weighted by Crippen LogP contribution is 2.22. The number of para-hydroxylation sites is 2. The van der Waals surface area contributed by atoms with E-state index in [1.165, 1.54) is 7.11 Å². The first kappa shape index (κ1) is 28.3. The van der Waals surface area contributed by atoms with Crippen molar-refractivity contribution >= 4 is 35.1 Å². The van der Waals surface area contributed by atoms with E-state index in [0.717, 1.165) is 53.8 Å². The summed E-state index contributed by atoms with van der Waals surface area (Å²) in [4.78, 5) is 42.2. The normalized spacial score (nSPS) is 10.4. The lowest BCUT2D eigenvalue weighted by Gasteiger charge is -2.16. The van der Waals surface area contributed by atoms with Crippen LogP contribution < -0.4 is 15.1 Å². The third-order valence-corrected chi connectivity index (χ3v) is 5.32. The van der Waals surface area contributed by atoms with Crippen molar-refractivity contribution in [2.24, 2.45) is 0 Å². The molecule has 3 aromatic rings. The summed E-state index contributed by atoms with van der Waals surface area (Å²) in [6.45, 7) is 6.55. The van der Waals surface area contributed by atoms with Crippen LogP contribution in [0.2, 0.25) is 0 Å². The molecule has 0 aliphatic heterocycles. The minimum atomic E-state index is -0.789. The highest BCUT2D eigenvalue weighted by Gasteiger charge is 2.27. The molecule has 0 aliphatic rings. The largest absolute Gasteiger partial charge is 0.493 e. The Morgan fingerprint density at radius 1 is 1.08 bits per heavy atom. The van der Waals surface area contributed by atoms with Crippen molar-refractivity contribution in [3.63, 3.8) is 0 Å². The summed E-state index contributed by atoms with van der Waals surface area (Å²) >= 11 is 0. The maximum absolute atomic E-state index is 12.1. The molecule has 3 amide bonds. The van der Waals surface area contributed by atoms with Crippen LogP contribution in [-0.2, 0) is 11.2 Å². The van der Waals surface area contributed by atoms with Crippen LogP contribution in [0, 0.1) is 6.92 Å². The third-order valence-electron chi connectivity index (χ3n) is 5.32. The summed E-state index contributed by atoms with van der Waals surface area (Å²) in [6.07, 6.45) is 4.00. The van der Waals surface area contributed by atoms with E-state index in [4.69, 9.17) is 0 Å². The van der Waals surface area contributed by atoms with E-state index in [1.807, 2.05) is 46.1 Å². The monoisotopic (exact) mass is 499 g/mol. The number of carbonyl (C=O) groups excluding carboxylic acids is 2. The Balaban J connectivity index is 0.000000269. The van der Waals surface area contributed by atoms with Gasteiger partial charge >= 0.3 is 12.1 Å². The molecule has 3 rings (SSSR count). The zero-order valence-corrected chi connectivity index (χ0v) is 22.0. The minimum Gasteiger partial charge on any atom is -0.493 e. The first-order valence-corrected chi connectivity index (χ1v) is 12.1. The smallest absolute Gasteiger partial charge is 0.424 e. The van der Waals surface area contributed by atoms with Gasteiger partial charge in [-0.25, -0.2) is 19.6 Å². The molecule has 0 saturated heterocycles. The number of fused-ring (bicyclic) bond motifs is 1. The Labute approximate surface area is 211 Å². The molecule has 2 aromatic heterocycles. The molecule has 0 aliphatic carbocycles. The number of benzene rings is 1. The van der Waals surface area contributed by atoms with E-state index in [0.29, 0.717) is 18.0 Å². The Morgan fingerprint density at radius 2 is 1.78 bits per heavy atom. The molecule has 0 unspecified atom stereocenters. The molecule has 36 heavy (non-hydrogen) atoms. The third kappa shape index (κ3) is 7.56. The van der Waals surface area contributed by atoms with E-state index >= 15 is 0 Å². The number of unbranched alkanes of at least 4 members (excludes halogenated alkanes) is 2. The Hall–Kier alpha value is -3.89. The number of hydrogen-bond acceptors (Lipinski definition) is 8. The highest BCUT2D eigenvalue weighted by molar-refractivity contribution is 6.10. The Bertz CT molecular complexity index is 1090. The zero-order chi connectivity index (χ0) is 26.7. The number of aromatic nitrogens is 4. The highest BCUT2D eigenvalue weighted by atomic mass is 16.5. The maximum Gasteiger partial charge on any atom is 0.424 e. The molecule has 0 spiro atoms. The molecule has 0 fully saturated rings. The number of H-pyrrole nitrogens is 1. The van der Waals surface area contributed by atoms with E-state index in [9.17, 15) is 14.7 Å². The summed E-state index contributed by atoms with van der Waals surface area (Å²) in [5.41, 5.74) is 3.16. The minimum absolute atomic E-state index is 0.125. The fourth-order valence-electron chi connectivity index (χ4n) is 3.27. The van der Waals surface area contributed by atoms with Gasteiger partial charge in [0.25, 0.3) is 0 Å². The molecule has 2 heterocycles. The number of hydrogen-bond donors (Lipinski definition) is 3. The summed E-state index contributed by atoms with van der Waals surface area (Å²) in [7, 11) is 4.94. The predicted octanol–water partition coefficient (Wildman–Crippen LogP) is 4.54. The number of methoxy groups -OCH3 is 1. The van der Waals surface area contributed by atoms with Gasteiger partial charge in [0.1, 0.15) is 0 Å². The van der Waals surface area contributed by atoms with Gasteiger partial charge in [0, 0.05) is 31.9 Å². The van der Waals surface area contributed by atoms with Crippen molar-refractivity contribution in [1.29, 1.82) is 0 Å². The number of urea groups is 1. The van der Waals surface area contributed by atoms with Gasteiger partial charge in [0.05, 0.1) is 18.1 Å². The predicted molar refractivity (Wildman–Crippen MR) is 141 cm³/mol. The van der Waals surface area contributed by atoms with E-state index in [-0.39, 0.29) is 11.8 Å². The van der Waals surface area contributed by atoms with Gasteiger partial charge in [-0.1, -0.05) is 38.8 Å². The number of aromatic hydroxyl groups is 1. The van der Waals surface area contributed by atoms with E-state index in [2.05, 4.69) is 36.9 Å². The van der Waals surface area contributed by atoms with Gasteiger partial charge in [-0.3, -0.25) is 0 Å². The molecule has 0 saturated carbocycles. The fourth-order valence-corrected chi connectivity index (χ4v) is 3.27. The molecular weight excluding hydrogens is 462 g/mol. The van der Waals surface area contributed by atoms with Gasteiger partial charge in [-0.05, 0) is 38.3 Å². The lowest BCUT2D eigenvalue weighted by molar-refractivity contribution is 0.177. The number of anilines is 2. The van der Waals surface area contributed by atoms with Crippen LogP contribution in [-0.4, -0.2) is 64.9 Å². The molecular formula is C25H37N7O4. The molecule has 1 aromatic carbocycles. The first-order valence-electron chi connectivity index (χ1n) is 12.1. The van der Waals surface area contributed by atoms with Crippen molar-refractivity contribution in [2.75, 3.05) is 37.5 Å². The van der Waals surface area contributed by atoms with E-state index in [1.54, 1.807) is 11.0 Å². The number of aryl methyl sites for hydroxylation is 1. The van der Waals surface area contributed by atoms with Crippen molar-refractivity contribution in [3.05, 3.63) is 35.5 Å². The average Bonchev–Trinajstić information content (AvgIpc) is 3.27. The van der Waals surface area contributed by atoms with Crippen molar-refractivity contribution < 1.29 is 19.4 Å². The Kier molecular flexibility index (Phi) is 10.9. The molecule has 11 heteroatoms. The second-order valence-electron chi connectivity index (χ2n) is 8.38. The topological polar surface area (TPSA) is 137 Å². The molecule has 0 radical (unpaired) electrons. The summed E-state index contributed by atoms with van der Waals surface area (Å²) < 4.78 is 4.66. The maximum atomic E-state index is 12.1. The summed E-state index contributed by atoms with van der Waals surface area (Å²) in [5.74, 6) is 0.821. The van der Waals surface area contributed by atoms with Crippen LogP contribution in [0.25, 0.3) is 11.0 Å². The standard InChI is InChI=1S/C14H18N4O3.C11H19N3O/c1-3-4-9-15-13(19)18(14(20)21-2)12-16-10-7-5-6-8-11(10)17-12;1-5-6-7-9-8(2)12-11(14(3)4)13-10(9)15/h5-8H,3-4,9H2,1-2H3,(H,15,19)(H,16,17);5-7H2,1-4H3,(H,12,13,15). The number of amides is 3. The summed E-state index contributed by atoms with van der Waals surface area (Å²) in [5, 5.41) is 12.4. The van der Waals surface area contributed by atoms with Crippen molar-refractivity contribution in [3.8, 4) is 5.88 Å². The van der Waals surface area contributed by atoms with Gasteiger partial charge in [-0.15, -0.1) is 0 Å². The van der Waals surface area contributed by atoms with Crippen LogP contribution >= 0.6 is 0 Å². The lowest BCUT2D eigenvalue weighted by atomic mass is 10.1. The van der Waals surface area contributed by atoms with Gasteiger partial charge < -0.3 is 25.0 Å². The molecule has 0 bridgehead atoms. The van der Waals surface area contributed by atoms with Gasteiger partial charge in [0.2, 0.25) is 17.8 Å². The molecule has 3 N–H and O–H groups in total.